The molecule has 1 aromatic heterocycles. The molecule has 5 heteroatoms. The van der Waals surface area contributed by atoms with Gasteiger partial charge in [0.2, 0.25) is 5.95 Å². The maximum atomic E-state index is 9.54. The van der Waals surface area contributed by atoms with Crippen LogP contribution in [0.25, 0.3) is 10.9 Å². The number of para-hydroxylation sites is 1. The molecule has 2 aromatic rings. The van der Waals surface area contributed by atoms with E-state index in [1.165, 1.54) is 4.31 Å². The Kier molecular flexibility index (Phi) is 2.17. The zero-order valence-electron chi connectivity index (χ0n) is 7.55. The highest BCUT2D eigenvalue weighted by Gasteiger charge is 2.04. The molecular formula is C9H9N3OS. The first-order valence-corrected chi connectivity index (χ1v) is 4.46. The molecule has 0 bridgehead atoms. The van der Waals surface area contributed by atoms with Crippen molar-refractivity contribution in [3.05, 3.63) is 24.4 Å². The first kappa shape index (κ1) is 9.08. The molecular weight excluding hydrogens is 198 g/mol. The SMILES string of the molecule is CN(S)c1ncc2cccc(O)c2n1. The fourth-order valence-electron chi connectivity index (χ4n) is 1.19. The van der Waals surface area contributed by atoms with Gasteiger partial charge in [-0.25, -0.2) is 9.97 Å². The van der Waals surface area contributed by atoms with Gasteiger partial charge < -0.3 is 5.11 Å². The molecule has 0 saturated heterocycles. The number of fused-ring (bicyclic) bond motifs is 1. The van der Waals surface area contributed by atoms with E-state index in [1.807, 2.05) is 6.07 Å². The van der Waals surface area contributed by atoms with Crippen LogP contribution >= 0.6 is 12.8 Å². The molecule has 0 unspecified atom stereocenters. The van der Waals surface area contributed by atoms with Crippen LogP contribution in [-0.4, -0.2) is 22.1 Å². The minimum atomic E-state index is 0.154. The number of anilines is 1. The zero-order chi connectivity index (χ0) is 10.1. The minimum absolute atomic E-state index is 0.154. The molecule has 1 N–H and O–H groups in total. The van der Waals surface area contributed by atoms with Crippen LogP contribution < -0.4 is 4.31 Å². The monoisotopic (exact) mass is 207 g/mol. The minimum Gasteiger partial charge on any atom is -0.506 e. The molecule has 14 heavy (non-hydrogen) atoms. The number of hydrogen-bond acceptors (Lipinski definition) is 5. The lowest BCUT2D eigenvalue weighted by Crippen LogP contribution is -2.05. The average molecular weight is 207 g/mol. The van der Waals surface area contributed by atoms with Gasteiger partial charge in [0.25, 0.3) is 0 Å². The summed E-state index contributed by atoms with van der Waals surface area (Å²) in [6.07, 6.45) is 1.66. The van der Waals surface area contributed by atoms with E-state index < -0.39 is 0 Å². The first-order valence-electron chi connectivity index (χ1n) is 4.06. The molecule has 0 atom stereocenters. The Morgan fingerprint density at radius 2 is 2.21 bits per heavy atom. The predicted molar refractivity (Wildman–Crippen MR) is 58.6 cm³/mol. The van der Waals surface area contributed by atoms with Crippen molar-refractivity contribution in [2.75, 3.05) is 11.4 Å². The van der Waals surface area contributed by atoms with Crippen LogP contribution in [0.5, 0.6) is 5.75 Å². The molecule has 0 amide bonds. The molecule has 0 radical (unpaired) electrons. The molecule has 0 spiro atoms. The van der Waals surface area contributed by atoms with Gasteiger partial charge in [0.15, 0.2) is 0 Å². The quantitative estimate of drug-likeness (QED) is 0.698. The Hall–Kier alpha value is -1.49. The normalized spacial score (nSPS) is 10.4. The summed E-state index contributed by atoms with van der Waals surface area (Å²) in [4.78, 5) is 8.24. The highest BCUT2D eigenvalue weighted by Crippen LogP contribution is 2.23. The highest BCUT2D eigenvalue weighted by molar-refractivity contribution is 7.81. The van der Waals surface area contributed by atoms with Crippen LogP contribution in [0.15, 0.2) is 24.4 Å². The summed E-state index contributed by atoms with van der Waals surface area (Å²) in [5, 5.41) is 10.4. The van der Waals surface area contributed by atoms with Crippen molar-refractivity contribution in [2.45, 2.75) is 0 Å². The summed E-state index contributed by atoms with van der Waals surface area (Å²) in [7, 11) is 1.73. The second-order valence-corrected chi connectivity index (χ2v) is 3.51. The Balaban J connectivity index is 2.70. The number of nitrogens with zero attached hydrogens (tertiary/aromatic N) is 3. The largest absolute Gasteiger partial charge is 0.506 e. The highest BCUT2D eigenvalue weighted by atomic mass is 32.1. The van der Waals surface area contributed by atoms with E-state index in [1.54, 1.807) is 25.4 Å². The second kappa shape index (κ2) is 3.34. The van der Waals surface area contributed by atoms with E-state index in [-0.39, 0.29) is 5.75 Å². The van der Waals surface area contributed by atoms with Gasteiger partial charge in [0.1, 0.15) is 11.3 Å². The lowest BCUT2D eigenvalue weighted by molar-refractivity contribution is 0.480. The van der Waals surface area contributed by atoms with Crippen LogP contribution in [0.2, 0.25) is 0 Å². The van der Waals surface area contributed by atoms with E-state index in [0.717, 1.165) is 5.39 Å². The van der Waals surface area contributed by atoms with Crippen LogP contribution in [0.3, 0.4) is 0 Å². The predicted octanol–water partition coefficient (Wildman–Crippen LogP) is 1.62. The summed E-state index contributed by atoms with van der Waals surface area (Å²) < 4.78 is 1.49. The third-order valence-corrected chi connectivity index (χ3v) is 2.05. The summed E-state index contributed by atoms with van der Waals surface area (Å²) >= 11 is 4.07. The van der Waals surface area contributed by atoms with Crippen molar-refractivity contribution in [3.8, 4) is 5.75 Å². The maximum Gasteiger partial charge on any atom is 0.235 e. The molecule has 0 fully saturated rings. The van der Waals surface area contributed by atoms with E-state index >= 15 is 0 Å². The first-order chi connectivity index (χ1) is 6.68. The number of phenols is 1. The van der Waals surface area contributed by atoms with Crippen LogP contribution in [0.4, 0.5) is 5.95 Å². The van der Waals surface area contributed by atoms with Gasteiger partial charge in [-0.3, -0.25) is 4.31 Å². The number of rotatable bonds is 1. The van der Waals surface area contributed by atoms with Crippen molar-refractivity contribution in [3.63, 3.8) is 0 Å². The average Bonchev–Trinajstić information content (AvgIpc) is 2.18. The number of aromatic nitrogens is 2. The van der Waals surface area contributed by atoms with E-state index in [2.05, 4.69) is 22.8 Å². The van der Waals surface area contributed by atoms with Gasteiger partial charge in [0.05, 0.1) is 0 Å². The number of aromatic hydroxyl groups is 1. The third-order valence-electron chi connectivity index (χ3n) is 1.87. The summed E-state index contributed by atoms with van der Waals surface area (Å²) in [6.45, 7) is 0. The molecule has 0 aliphatic rings. The smallest absolute Gasteiger partial charge is 0.235 e. The van der Waals surface area contributed by atoms with E-state index in [0.29, 0.717) is 11.5 Å². The van der Waals surface area contributed by atoms with Crippen molar-refractivity contribution >= 4 is 29.7 Å². The number of thiol groups is 1. The van der Waals surface area contributed by atoms with Gasteiger partial charge in [-0.05, 0) is 6.07 Å². The Morgan fingerprint density at radius 1 is 1.43 bits per heavy atom. The topological polar surface area (TPSA) is 49.2 Å². The lowest BCUT2D eigenvalue weighted by atomic mass is 10.2. The van der Waals surface area contributed by atoms with Crippen molar-refractivity contribution in [1.29, 1.82) is 0 Å². The van der Waals surface area contributed by atoms with Crippen molar-refractivity contribution in [1.82, 2.24) is 9.97 Å². The molecule has 2 rings (SSSR count). The standard InChI is InChI=1S/C9H9N3OS/c1-12(14)9-10-5-6-3-2-4-7(13)8(6)11-9/h2-5,13-14H,1H3. The lowest BCUT2D eigenvalue weighted by Gasteiger charge is -2.08. The second-order valence-electron chi connectivity index (χ2n) is 2.91. The number of phenolic OH excluding ortho intramolecular Hbond substituents is 1. The molecule has 1 aromatic carbocycles. The molecule has 4 nitrogen and oxygen atoms in total. The summed E-state index contributed by atoms with van der Waals surface area (Å²) in [5.41, 5.74) is 0.540. The van der Waals surface area contributed by atoms with Crippen molar-refractivity contribution in [2.24, 2.45) is 0 Å². The van der Waals surface area contributed by atoms with Gasteiger partial charge >= 0.3 is 0 Å². The van der Waals surface area contributed by atoms with Gasteiger partial charge in [-0.1, -0.05) is 24.9 Å². The fraction of sp³-hybridized carbons (Fsp3) is 0.111. The third kappa shape index (κ3) is 1.46. The van der Waals surface area contributed by atoms with Crippen LogP contribution in [0, 0.1) is 0 Å². The Bertz CT molecular complexity index is 473. The maximum absolute atomic E-state index is 9.54. The molecule has 72 valence electrons. The summed E-state index contributed by atoms with van der Waals surface area (Å²) in [5.74, 6) is 0.615. The van der Waals surface area contributed by atoms with Crippen LogP contribution in [0.1, 0.15) is 0 Å². The van der Waals surface area contributed by atoms with Gasteiger partial charge in [-0.15, -0.1) is 0 Å². The molecule has 0 aliphatic carbocycles. The fourth-order valence-corrected chi connectivity index (χ4v) is 1.28. The Morgan fingerprint density at radius 3 is 2.93 bits per heavy atom. The summed E-state index contributed by atoms with van der Waals surface area (Å²) in [6, 6.07) is 5.19. The molecule has 1 heterocycles. The van der Waals surface area contributed by atoms with Gasteiger partial charge in [0, 0.05) is 18.6 Å². The van der Waals surface area contributed by atoms with Crippen LogP contribution in [-0.2, 0) is 0 Å². The van der Waals surface area contributed by atoms with E-state index in [4.69, 9.17) is 0 Å². The Labute approximate surface area is 86.8 Å². The number of hydrogen-bond donors (Lipinski definition) is 2. The van der Waals surface area contributed by atoms with Crippen molar-refractivity contribution < 1.29 is 5.11 Å². The van der Waals surface area contributed by atoms with E-state index in [9.17, 15) is 5.11 Å². The van der Waals surface area contributed by atoms with Gasteiger partial charge in [-0.2, -0.15) is 0 Å². The molecule has 0 aliphatic heterocycles. The number of benzene rings is 1. The molecule has 0 saturated carbocycles. The zero-order valence-corrected chi connectivity index (χ0v) is 8.44.